The van der Waals surface area contributed by atoms with Crippen molar-refractivity contribution in [2.75, 3.05) is 85.9 Å². The summed E-state index contributed by atoms with van der Waals surface area (Å²) in [6.45, 7) is 3.99. The molecule has 30 nitrogen and oxygen atoms in total. The van der Waals surface area contributed by atoms with Crippen LogP contribution in [0.3, 0.4) is 0 Å². The van der Waals surface area contributed by atoms with Crippen molar-refractivity contribution < 1.29 is 145 Å². The Labute approximate surface area is 430 Å². The van der Waals surface area contributed by atoms with Crippen LogP contribution < -0.4 is 0 Å². The lowest BCUT2D eigenvalue weighted by molar-refractivity contribution is -0.160. The first kappa shape index (κ1) is 70.5. The Bertz CT molecular complexity index is 1670. The molecule has 0 radical (unpaired) electrons. The summed E-state index contributed by atoms with van der Waals surface area (Å²) in [7, 11) is 0. The fourth-order valence-corrected chi connectivity index (χ4v) is 4.94. The van der Waals surface area contributed by atoms with Gasteiger partial charge in [-0.2, -0.15) is 0 Å². The SMILES string of the molecule is CC(COCC(COCC(C)OC(=O)CCC(=O)O)OCC(C)OC(=O)CCC(=O)O)OC(=O)CCC(=O)O.O=C(O)CCC(=O)OCCOCC(COCCOC(=O)CCC(=O)O)OCCOC(=O)CCC(=O)O. The molecular weight excluding hydrogens is 1020 g/mol. The van der Waals surface area contributed by atoms with E-state index < -0.39 is 102 Å². The van der Waals surface area contributed by atoms with Crippen molar-refractivity contribution in [2.45, 2.75) is 128 Å². The van der Waals surface area contributed by atoms with Gasteiger partial charge in [-0.25, -0.2) is 0 Å². The van der Waals surface area contributed by atoms with Gasteiger partial charge in [0.15, 0.2) is 0 Å². The summed E-state index contributed by atoms with van der Waals surface area (Å²) in [5.74, 6) is -10.9. The highest BCUT2D eigenvalue weighted by atomic mass is 16.6. The molecule has 0 aromatic rings. The lowest BCUT2D eigenvalue weighted by Gasteiger charge is -2.22. The summed E-state index contributed by atoms with van der Waals surface area (Å²) in [6, 6.07) is 0. The number of esters is 6. The molecule has 0 saturated heterocycles. The normalized spacial score (nSPS) is 12.3. The molecule has 0 fully saturated rings. The standard InChI is InChI=1S/C24H38O15.C21H32O15/c1-15(37-22(31)7-4-19(25)26)10-34-13-18(36-12-17(3)39-24(33)9-6-21(29)30)14-35-11-16(2)38-23(32)8-5-20(27)28;22-16(23)1-4-19(28)34-9-7-31-13-15(33-11-12-36-21(30)6-3-18(26)27)14-32-8-10-35-20(29)5-2-17(24)25/h15-18H,4-14H2,1-3H3,(H,25,26)(H,27,28)(H,29,30);15H,1-14H2,(H,22,23)(H,24,25)(H,26,27). The van der Waals surface area contributed by atoms with Gasteiger partial charge in [-0.3, -0.25) is 57.5 Å². The van der Waals surface area contributed by atoms with Crippen molar-refractivity contribution in [1.29, 1.82) is 0 Å². The maximum atomic E-state index is 11.7. The zero-order valence-corrected chi connectivity index (χ0v) is 42.0. The predicted octanol–water partition coefficient (Wildman–Crippen LogP) is 0.423. The molecule has 0 aliphatic carbocycles. The summed E-state index contributed by atoms with van der Waals surface area (Å²) in [5, 5.41) is 51.5. The average Bonchev–Trinajstić information content (AvgIpc) is 3.32. The van der Waals surface area contributed by atoms with Gasteiger partial charge >= 0.3 is 71.6 Å². The third-order valence-electron chi connectivity index (χ3n) is 8.42. The van der Waals surface area contributed by atoms with Crippen LogP contribution in [0.2, 0.25) is 0 Å². The van der Waals surface area contributed by atoms with Crippen LogP contribution in [0.4, 0.5) is 0 Å². The molecule has 0 aliphatic rings. The molecule has 0 amide bonds. The minimum Gasteiger partial charge on any atom is -0.481 e. The molecule has 0 saturated carbocycles. The van der Waals surface area contributed by atoms with Crippen LogP contribution in [0.15, 0.2) is 0 Å². The highest BCUT2D eigenvalue weighted by Gasteiger charge is 2.20. The summed E-state index contributed by atoms with van der Waals surface area (Å²) in [4.78, 5) is 132. The molecule has 0 aliphatic heterocycles. The van der Waals surface area contributed by atoms with Crippen LogP contribution >= 0.6 is 0 Å². The number of hydrogen-bond donors (Lipinski definition) is 6. The number of carboxylic acids is 6. The first-order chi connectivity index (χ1) is 35.4. The average molecular weight is 1090 g/mol. The number of carbonyl (C=O) groups excluding carboxylic acids is 6. The number of carbonyl (C=O) groups is 12. The Hall–Kier alpha value is -6.60. The largest absolute Gasteiger partial charge is 0.481 e. The zero-order chi connectivity index (χ0) is 57.0. The fourth-order valence-electron chi connectivity index (χ4n) is 4.94. The topological polar surface area (TPSA) is 437 Å². The first-order valence-electron chi connectivity index (χ1n) is 23.3. The van der Waals surface area contributed by atoms with Gasteiger partial charge < -0.3 is 87.5 Å². The van der Waals surface area contributed by atoms with Crippen molar-refractivity contribution in [3.63, 3.8) is 0 Å². The highest BCUT2D eigenvalue weighted by Crippen LogP contribution is 2.07. The van der Waals surface area contributed by atoms with E-state index in [1.165, 1.54) is 0 Å². The van der Waals surface area contributed by atoms with Gasteiger partial charge in [0.2, 0.25) is 0 Å². The molecule has 0 spiro atoms. The van der Waals surface area contributed by atoms with Gasteiger partial charge in [0, 0.05) is 0 Å². The minimum absolute atomic E-state index is 0.00988. The summed E-state index contributed by atoms with van der Waals surface area (Å²) >= 11 is 0. The molecule has 0 aromatic carbocycles. The Morgan fingerprint density at radius 2 is 0.533 bits per heavy atom. The van der Waals surface area contributed by atoms with E-state index in [9.17, 15) is 57.5 Å². The molecule has 0 aromatic heterocycles. The van der Waals surface area contributed by atoms with E-state index >= 15 is 0 Å². The van der Waals surface area contributed by atoms with Gasteiger partial charge in [-0.1, -0.05) is 0 Å². The van der Waals surface area contributed by atoms with E-state index in [1.807, 2.05) is 0 Å². The summed E-state index contributed by atoms with van der Waals surface area (Å²) in [6.07, 6.45) is -7.18. The molecule has 3 unspecified atom stereocenters. The highest BCUT2D eigenvalue weighted by molar-refractivity contribution is 5.79. The second-order valence-corrected chi connectivity index (χ2v) is 15.6. The molecule has 0 heterocycles. The predicted molar refractivity (Wildman–Crippen MR) is 244 cm³/mol. The second kappa shape index (κ2) is 44.8. The van der Waals surface area contributed by atoms with Gasteiger partial charge in [0.05, 0.1) is 143 Å². The van der Waals surface area contributed by atoms with Crippen molar-refractivity contribution in [1.82, 2.24) is 0 Å². The van der Waals surface area contributed by atoms with Crippen LogP contribution in [0, 0.1) is 0 Å². The Morgan fingerprint density at radius 3 is 0.840 bits per heavy atom. The second-order valence-electron chi connectivity index (χ2n) is 15.6. The molecule has 75 heavy (non-hydrogen) atoms. The zero-order valence-electron chi connectivity index (χ0n) is 42.0. The van der Waals surface area contributed by atoms with Crippen molar-refractivity contribution in [2.24, 2.45) is 0 Å². The quantitative estimate of drug-likeness (QED) is 0.0273. The number of aliphatic carboxylic acids is 6. The van der Waals surface area contributed by atoms with Crippen LogP contribution in [0.25, 0.3) is 0 Å². The van der Waals surface area contributed by atoms with E-state index in [2.05, 4.69) is 0 Å². The number of carboxylic acid groups (broad SMARTS) is 6. The van der Waals surface area contributed by atoms with Gasteiger partial charge in [0.25, 0.3) is 0 Å². The molecule has 0 bridgehead atoms. The van der Waals surface area contributed by atoms with E-state index in [0.717, 1.165) is 0 Å². The Balaban J connectivity index is 0. The van der Waals surface area contributed by atoms with Crippen LogP contribution in [0.5, 0.6) is 0 Å². The number of rotatable bonds is 46. The third-order valence-corrected chi connectivity index (χ3v) is 8.42. The maximum absolute atomic E-state index is 11.7. The fraction of sp³-hybridized carbons (Fsp3) is 0.733. The lowest BCUT2D eigenvalue weighted by atomic mass is 10.3. The van der Waals surface area contributed by atoms with Crippen molar-refractivity contribution in [3.05, 3.63) is 0 Å². The van der Waals surface area contributed by atoms with Gasteiger partial charge in [0.1, 0.15) is 50.3 Å². The molecule has 430 valence electrons. The third kappa shape index (κ3) is 50.7. The molecule has 0 rings (SSSR count). The monoisotopic (exact) mass is 1090 g/mol. The van der Waals surface area contributed by atoms with Gasteiger partial charge in [-0.15, -0.1) is 0 Å². The van der Waals surface area contributed by atoms with E-state index in [0.29, 0.717) is 0 Å². The number of hydrogen-bond acceptors (Lipinski definition) is 24. The first-order valence-corrected chi connectivity index (χ1v) is 23.3. The molecular formula is C45H70O30. The summed E-state index contributed by atoms with van der Waals surface area (Å²) in [5.41, 5.74) is 0. The van der Waals surface area contributed by atoms with Crippen molar-refractivity contribution >= 4 is 71.6 Å². The Kier molecular flexibility index (Phi) is 42.1. The minimum atomic E-state index is -1.13. The molecule has 30 heteroatoms. The van der Waals surface area contributed by atoms with Crippen LogP contribution in [-0.2, 0) is 114 Å². The lowest BCUT2D eigenvalue weighted by Crippen LogP contribution is -2.33. The molecule has 3 atom stereocenters. The van der Waals surface area contributed by atoms with E-state index in [-0.39, 0.29) is 163 Å². The van der Waals surface area contributed by atoms with Crippen molar-refractivity contribution in [3.8, 4) is 0 Å². The van der Waals surface area contributed by atoms with Crippen LogP contribution in [-0.4, -0.2) is 219 Å². The molecule has 6 N–H and O–H groups in total. The van der Waals surface area contributed by atoms with Crippen LogP contribution in [0.1, 0.15) is 97.8 Å². The summed E-state index contributed by atoms with van der Waals surface area (Å²) < 4.78 is 62.7. The smallest absolute Gasteiger partial charge is 0.306 e. The van der Waals surface area contributed by atoms with E-state index in [4.69, 9.17) is 87.5 Å². The maximum Gasteiger partial charge on any atom is 0.306 e. The number of ether oxygens (including phenoxy) is 12. The van der Waals surface area contributed by atoms with Gasteiger partial charge in [-0.05, 0) is 20.8 Å². The Morgan fingerprint density at radius 1 is 0.280 bits per heavy atom. The van der Waals surface area contributed by atoms with E-state index in [1.54, 1.807) is 20.8 Å².